The molecule has 9 heteroatoms. The van der Waals surface area contributed by atoms with Crippen LogP contribution in [-0.2, 0) is 20.8 Å². The van der Waals surface area contributed by atoms with E-state index in [1.807, 2.05) is 0 Å². The summed E-state index contributed by atoms with van der Waals surface area (Å²) in [6.45, 7) is -0.145. The molecule has 2 rings (SSSR count). The molecule has 142 valence electrons. The summed E-state index contributed by atoms with van der Waals surface area (Å²) in [5.74, 6) is -1.59. The van der Waals surface area contributed by atoms with Crippen molar-refractivity contribution in [2.45, 2.75) is 36.8 Å². The lowest BCUT2D eigenvalue weighted by molar-refractivity contribution is -0.137. The highest BCUT2D eigenvalue weighted by molar-refractivity contribution is 7.91. The molecule has 0 saturated heterocycles. The first-order valence-corrected chi connectivity index (χ1v) is 9.85. The SMILES string of the molecule is N#CCNC(=O)C1CCCCC1CS(=O)(=O)c1ccc(C(F)(F)F)cc1. The van der Waals surface area contributed by atoms with E-state index in [0.29, 0.717) is 12.8 Å². The van der Waals surface area contributed by atoms with E-state index in [4.69, 9.17) is 5.26 Å². The van der Waals surface area contributed by atoms with E-state index in [9.17, 15) is 26.4 Å². The molecule has 2 atom stereocenters. The summed E-state index contributed by atoms with van der Waals surface area (Å²) < 4.78 is 63.0. The van der Waals surface area contributed by atoms with Crippen LogP contribution in [0.25, 0.3) is 0 Å². The van der Waals surface area contributed by atoms with Crippen molar-refractivity contribution in [1.82, 2.24) is 5.32 Å². The van der Waals surface area contributed by atoms with Crippen molar-refractivity contribution in [1.29, 1.82) is 5.26 Å². The van der Waals surface area contributed by atoms with Crippen molar-refractivity contribution in [3.8, 4) is 6.07 Å². The van der Waals surface area contributed by atoms with Crippen LogP contribution < -0.4 is 5.32 Å². The van der Waals surface area contributed by atoms with Crippen LogP contribution >= 0.6 is 0 Å². The Morgan fingerprint density at radius 2 is 1.81 bits per heavy atom. The monoisotopic (exact) mass is 388 g/mol. The summed E-state index contributed by atoms with van der Waals surface area (Å²) >= 11 is 0. The Morgan fingerprint density at radius 3 is 2.38 bits per heavy atom. The molecule has 1 N–H and O–H groups in total. The third kappa shape index (κ3) is 4.97. The molecule has 2 unspecified atom stereocenters. The van der Waals surface area contributed by atoms with Gasteiger partial charge in [-0.15, -0.1) is 0 Å². The molecular formula is C17H19F3N2O3S. The zero-order chi connectivity index (χ0) is 19.4. The molecule has 0 aromatic heterocycles. The average Bonchev–Trinajstić information content (AvgIpc) is 2.59. The average molecular weight is 388 g/mol. The van der Waals surface area contributed by atoms with E-state index in [2.05, 4.69) is 5.32 Å². The maximum absolute atomic E-state index is 12.6. The first-order valence-electron chi connectivity index (χ1n) is 8.20. The summed E-state index contributed by atoms with van der Waals surface area (Å²) in [4.78, 5) is 12.0. The third-order valence-electron chi connectivity index (χ3n) is 4.56. The Kier molecular flexibility index (Phi) is 6.29. The Morgan fingerprint density at radius 1 is 1.19 bits per heavy atom. The van der Waals surface area contributed by atoms with Gasteiger partial charge in [0.25, 0.3) is 0 Å². The lowest BCUT2D eigenvalue weighted by atomic mass is 9.80. The smallest absolute Gasteiger partial charge is 0.343 e. The van der Waals surface area contributed by atoms with Crippen molar-refractivity contribution in [2.24, 2.45) is 11.8 Å². The van der Waals surface area contributed by atoms with Crippen LogP contribution in [0.1, 0.15) is 31.2 Å². The van der Waals surface area contributed by atoms with Crippen molar-refractivity contribution in [2.75, 3.05) is 12.3 Å². The predicted octanol–water partition coefficient (Wildman–Crippen LogP) is 2.93. The fourth-order valence-electron chi connectivity index (χ4n) is 3.24. The molecule has 0 spiro atoms. The van der Waals surface area contributed by atoms with E-state index in [0.717, 1.165) is 37.1 Å². The number of benzene rings is 1. The maximum atomic E-state index is 12.6. The van der Waals surface area contributed by atoms with Gasteiger partial charge in [0, 0.05) is 5.92 Å². The Bertz CT molecular complexity index is 783. The van der Waals surface area contributed by atoms with E-state index in [-0.39, 0.29) is 23.1 Å². The Balaban J connectivity index is 2.15. The minimum Gasteiger partial charge on any atom is -0.343 e. The number of halogens is 3. The topological polar surface area (TPSA) is 87.0 Å². The van der Waals surface area contributed by atoms with E-state index in [1.165, 1.54) is 0 Å². The number of alkyl halides is 3. The molecule has 0 aliphatic heterocycles. The van der Waals surface area contributed by atoms with Gasteiger partial charge in [-0.05, 0) is 43.0 Å². The number of amides is 1. The number of hydrogen-bond acceptors (Lipinski definition) is 4. The lowest BCUT2D eigenvalue weighted by Gasteiger charge is -2.30. The largest absolute Gasteiger partial charge is 0.416 e. The van der Waals surface area contributed by atoms with Gasteiger partial charge in [0.1, 0.15) is 6.54 Å². The number of sulfone groups is 1. The molecule has 5 nitrogen and oxygen atoms in total. The highest BCUT2D eigenvalue weighted by atomic mass is 32.2. The first kappa shape index (κ1) is 20.2. The lowest BCUT2D eigenvalue weighted by Crippen LogP contribution is -2.39. The summed E-state index contributed by atoms with van der Waals surface area (Å²) in [5, 5.41) is 11.0. The van der Waals surface area contributed by atoms with Gasteiger partial charge in [0.2, 0.25) is 5.91 Å². The van der Waals surface area contributed by atoms with Gasteiger partial charge >= 0.3 is 6.18 Å². The molecular weight excluding hydrogens is 369 g/mol. The van der Waals surface area contributed by atoms with E-state index in [1.54, 1.807) is 6.07 Å². The number of carbonyl (C=O) groups is 1. The standard InChI is InChI=1S/C17H19F3N2O3S/c18-17(19,20)13-5-7-14(8-6-13)26(24,25)11-12-3-1-2-4-15(12)16(23)22-10-9-21/h5-8,12,15H,1-4,10-11H2,(H,22,23). The third-order valence-corrected chi connectivity index (χ3v) is 6.42. The second-order valence-corrected chi connectivity index (χ2v) is 8.36. The molecule has 26 heavy (non-hydrogen) atoms. The van der Waals surface area contributed by atoms with Crippen LogP contribution in [0, 0.1) is 23.2 Å². The van der Waals surface area contributed by atoms with Crippen LogP contribution in [0.5, 0.6) is 0 Å². The molecule has 1 fully saturated rings. The second-order valence-electron chi connectivity index (χ2n) is 6.33. The highest BCUT2D eigenvalue weighted by Gasteiger charge is 2.35. The van der Waals surface area contributed by atoms with Crippen LogP contribution in [0.4, 0.5) is 13.2 Å². The number of rotatable bonds is 5. The zero-order valence-electron chi connectivity index (χ0n) is 13.9. The van der Waals surface area contributed by atoms with Crippen molar-refractivity contribution in [3.63, 3.8) is 0 Å². The molecule has 1 aromatic carbocycles. The first-order chi connectivity index (χ1) is 12.1. The number of nitrogens with one attached hydrogen (secondary N) is 1. The molecule has 1 saturated carbocycles. The quantitative estimate of drug-likeness (QED) is 0.786. The Labute approximate surface area is 150 Å². The van der Waals surface area contributed by atoms with Gasteiger partial charge in [0.05, 0.1) is 22.3 Å². The van der Waals surface area contributed by atoms with E-state index < -0.39 is 33.4 Å². The minimum absolute atomic E-state index is 0.145. The van der Waals surface area contributed by atoms with Gasteiger partial charge in [-0.25, -0.2) is 8.42 Å². The number of nitriles is 1. The van der Waals surface area contributed by atoms with Gasteiger partial charge in [-0.3, -0.25) is 4.79 Å². The normalized spacial score (nSPS) is 21.0. The minimum atomic E-state index is -4.53. The van der Waals surface area contributed by atoms with Gasteiger partial charge in [-0.1, -0.05) is 12.8 Å². The fraction of sp³-hybridized carbons (Fsp3) is 0.529. The van der Waals surface area contributed by atoms with Crippen molar-refractivity contribution >= 4 is 15.7 Å². The van der Waals surface area contributed by atoms with Crippen LogP contribution in [-0.4, -0.2) is 26.6 Å². The van der Waals surface area contributed by atoms with Crippen LogP contribution in [0.2, 0.25) is 0 Å². The highest BCUT2D eigenvalue weighted by Crippen LogP contribution is 2.34. The van der Waals surface area contributed by atoms with Crippen LogP contribution in [0.15, 0.2) is 29.2 Å². The summed E-state index contributed by atoms with van der Waals surface area (Å²) in [7, 11) is -3.82. The molecule has 1 amide bonds. The molecule has 1 aliphatic rings. The number of nitrogens with zero attached hydrogens (tertiary/aromatic N) is 1. The van der Waals surface area contributed by atoms with Crippen LogP contribution in [0.3, 0.4) is 0 Å². The second kappa shape index (κ2) is 8.08. The predicted molar refractivity (Wildman–Crippen MR) is 87.6 cm³/mol. The Hall–Kier alpha value is -2.08. The fourth-order valence-corrected chi connectivity index (χ4v) is 4.95. The van der Waals surface area contributed by atoms with Gasteiger partial charge in [-0.2, -0.15) is 18.4 Å². The summed E-state index contributed by atoms with van der Waals surface area (Å²) in [6.07, 6.45) is -1.87. The summed E-state index contributed by atoms with van der Waals surface area (Å²) in [5.41, 5.74) is -0.914. The number of carbonyl (C=O) groups excluding carboxylic acids is 1. The van der Waals surface area contributed by atoms with Crippen molar-refractivity contribution in [3.05, 3.63) is 29.8 Å². The molecule has 0 radical (unpaired) electrons. The number of hydrogen-bond donors (Lipinski definition) is 1. The molecule has 1 aliphatic carbocycles. The van der Waals surface area contributed by atoms with Gasteiger partial charge < -0.3 is 5.32 Å². The van der Waals surface area contributed by atoms with Crippen molar-refractivity contribution < 1.29 is 26.4 Å². The van der Waals surface area contributed by atoms with Gasteiger partial charge in [0.15, 0.2) is 9.84 Å². The molecule has 1 aromatic rings. The van der Waals surface area contributed by atoms with E-state index >= 15 is 0 Å². The summed E-state index contributed by atoms with van der Waals surface area (Å²) in [6, 6.07) is 5.18. The molecule has 0 bridgehead atoms. The zero-order valence-corrected chi connectivity index (χ0v) is 14.7. The molecule has 0 heterocycles. The maximum Gasteiger partial charge on any atom is 0.416 e.